The summed E-state index contributed by atoms with van der Waals surface area (Å²) in [5, 5.41) is 14.7. The molecule has 0 aliphatic carbocycles. The monoisotopic (exact) mass is 305 g/mol. The molecule has 5 nitrogen and oxygen atoms in total. The largest absolute Gasteiger partial charge is 0.396 e. The molecular weight excluding hydrogens is 278 g/mol. The molecule has 1 aliphatic heterocycles. The molecule has 0 radical (unpaired) electrons. The van der Waals surface area contributed by atoms with Crippen LogP contribution in [0.5, 0.6) is 0 Å². The Bertz CT molecular complexity index is 489. The Morgan fingerprint density at radius 1 is 1.36 bits per heavy atom. The SMILES string of the molecule is C[C@@H]1CCN(c2ccc(NC(=O)N[C@H](C)[C@H](C)CO)cc2)C1. The van der Waals surface area contributed by atoms with Crippen LogP contribution >= 0.6 is 0 Å². The van der Waals surface area contributed by atoms with Crippen LogP contribution < -0.4 is 15.5 Å². The smallest absolute Gasteiger partial charge is 0.319 e. The number of amides is 2. The molecule has 1 aromatic rings. The molecule has 1 aromatic carbocycles. The van der Waals surface area contributed by atoms with Gasteiger partial charge in [-0.3, -0.25) is 0 Å². The van der Waals surface area contributed by atoms with Crippen LogP contribution in [0.3, 0.4) is 0 Å². The van der Waals surface area contributed by atoms with Gasteiger partial charge in [-0.2, -0.15) is 0 Å². The van der Waals surface area contributed by atoms with E-state index in [4.69, 9.17) is 5.11 Å². The first-order valence-corrected chi connectivity index (χ1v) is 8.03. The molecule has 1 heterocycles. The number of urea groups is 1. The zero-order valence-corrected chi connectivity index (χ0v) is 13.7. The van der Waals surface area contributed by atoms with Crippen LogP contribution in [0.2, 0.25) is 0 Å². The van der Waals surface area contributed by atoms with Gasteiger partial charge < -0.3 is 20.6 Å². The van der Waals surface area contributed by atoms with E-state index in [1.165, 1.54) is 12.1 Å². The van der Waals surface area contributed by atoms with Crippen molar-refractivity contribution >= 4 is 17.4 Å². The number of aliphatic hydroxyl groups is 1. The summed E-state index contributed by atoms with van der Waals surface area (Å²) in [5.41, 5.74) is 1.98. The van der Waals surface area contributed by atoms with Gasteiger partial charge in [-0.25, -0.2) is 4.79 Å². The molecule has 2 rings (SSSR count). The Kier molecular flexibility index (Phi) is 5.66. The summed E-state index contributed by atoms with van der Waals surface area (Å²) in [6.07, 6.45) is 1.24. The summed E-state index contributed by atoms with van der Waals surface area (Å²) in [4.78, 5) is 14.3. The Morgan fingerprint density at radius 2 is 2.05 bits per heavy atom. The zero-order chi connectivity index (χ0) is 16.1. The molecule has 1 fully saturated rings. The third kappa shape index (κ3) is 4.37. The second kappa shape index (κ2) is 7.49. The van der Waals surface area contributed by atoms with Gasteiger partial charge in [-0.05, 0) is 49.4 Å². The number of carbonyl (C=O) groups excluding carboxylic acids is 1. The first kappa shape index (κ1) is 16.6. The minimum absolute atomic E-state index is 0.0327. The predicted octanol–water partition coefficient (Wildman–Crippen LogP) is 2.67. The van der Waals surface area contributed by atoms with E-state index in [0.717, 1.165) is 24.7 Å². The van der Waals surface area contributed by atoms with Crippen LogP contribution in [0.15, 0.2) is 24.3 Å². The highest BCUT2D eigenvalue weighted by atomic mass is 16.3. The molecule has 1 aliphatic rings. The summed E-state index contributed by atoms with van der Waals surface area (Å²) < 4.78 is 0. The molecule has 5 heteroatoms. The van der Waals surface area contributed by atoms with Gasteiger partial charge in [0.25, 0.3) is 0 Å². The minimum atomic E-state index is -0.240. The molecule has 0 unspecified atom stereocenters. The van der Waals surface area contributed by atoms with Gasteiger partial charge in [0, 0.05) is 37.1 Å². The molecule has 0 aromatic heterocycles. The Hall–Kier alpha value is -1.75. The van der Waals surface area contributed by atoms with E-state index in [0.29, 0.717) is 0 Å². The minimum Gasteiger partial charge on any atom is -0.396 e. The number of anilines is 2. The zero-order valence-electron chi connectivity index (χ0n) is 13.7. The summed E-state index contributed by atoms with van der Waals surface area (Å²) in [6, 6.07) is 7.64. The molecule has 0 spiro atoms. The third-order valence-corrected chi connectivity index (χ3v) is 4.41. The summed E-state index contributed by atoms with van der Waals surface area (Å²) >= 11 is 0. The molecule has 1 saturated heterocycles. The number of rotatable bonds is 5. The van der Waals surface area contributed by atoms with Crippen LogP contribution in [-0.4, -0.2) is 36.9 Å². The topological polar surface area (TPSA) is 64.6 Å². The van der Waals surface area contributed by atoms with Crippen molar-refractivity contribution in [3.05, 3.63) is 24.3 Å². The van der Waals surface area contributed by atoms with E-state index in [1.54, 1.807) is 0 Å². The number of hydrogen-bond acceptors (Lipinski definition) is 3. The number of nitrogens with zero attached hydrogens (tertiary/aromatic N) is 1. The van der Waals surface area contributed by atoms with Crippen molar-refractivity contribution < 1.29 is 9.90 Å². The van der Waals surface area contributed by atoms with Crippen LogP contribution in [0.25, 0.3) is 0 Å². The highest BCUT2D eigenvalue weighted by Crippen LogP contribution is 2.24. The molecule has 3 atom stereocenters. The lowest BCUT2D eigenvalue weighted by Gasteiger charge is -2.20. The van der Waals surface area contributed by atoms with Crippen molar-refractivity contribution in [1.29, 1.82) is 0 Å². The van der Waals surface area contributed by atoms with Crippen LogP contribution in [0.1, 0.15) is 27.2 Å². The van der Waals surface area contributed by atoms with Gasteiger partial charge in [0.15, 0.2) is 0 Å². The second-order valence-corrected chi connectivity index (χ2v) is 6.43. The van der Waals surface area contributed by atoms with Crippen molar-refractivity contribution in [1.82, 2.24) is 5.32 Å². The van der Waals surface area contributed by atoms with Crippen LogP contribution in [-0.2, 0) is 0 Å². The average molecular weight is 305 g/mol. The molecule has 22 heavy (non-hydrogen) atoms. The lowest BCUT2D eigenvalue weighted by Crippen LogP contribution is -2.40. The van der Waals surface area contributed by atoms with Gasteiger partial charge in [0.2, 0.25) is 0 Å². The Balaban J connectivity index is 1.87. The molecule has 3 N–H and O–H groups in total. The van der Waals surface area contributed by atoms with Gasteiger partial charge in [0.1, 0.15) is 0 Å². The van der Waals surface area contributed by atoms with E-state index in [1.807, 2.05) is 38.1 Å². The maximum Gasteiger partial charge on any atom is 0.319 e. The fraction of sp³-hybridized carbons (Fsp3) is 0.588. The fourth-order valence-corrected chi connectivity index (χ4v) is 2.60. The third-order valence-electron chi connectivity index (χ3n) is 4.41. The summed E-state index contributed by atoms with van der Waals surface area (Å²) in [7, 11) is 0. The van der Waals surface area contributed by atoms with Gasteiger partial charge in [-0.1, -0.05) is 13.8 Å². The highest BCUT2D eigenvalue weighted by Gasteiger charge is 2.19. The van der Waals surface area contributed by atoms with E-state index >= 15 is 0 Å². The van der Waals surface area contributed by atoms with E-state index in [-0.39, 0.29) is 24.6 Å². The molecule has 2 amide bonds. The number of carbonyl (C=O) groups is 1. The Labute approximate surface area is 132 Å². The first-order chi connectivity index (χ1) is 10.5. The number of hydrogen-bond donors (Lipinski definition) is 3. The van der Waals surface area contributed by atoms with E-state index < -0.39 is 0 Å². The highest BCUT2D eigenvalue weighted by molar-refractivity contribution is 5.89. The summed E-state index contributed by atoms with van der Waals surface area (Å²) in [6.45, 7) is 8.32. The average Bonchev–Trinajstić information content (AvgIpc) is 2.93. The van der Waals surface area contributed by atoms with Crippen molar-refractivity contribution in [2.24, 2.45) is 11.8 Å². The summed E-state index contributed by atoms with van der Waals surface area (Å²) in [5.74, 6) is 0.781. The molecule has 0 saturated carbocycles. The molecule has 0 bridgehead atoms. The molecular formula is C17H27N3O2. The van der Waals surface area contributed by atoms with Crippen molar-refractivity contribution in [2.45, 2.75) is 33.2 Å². The number of nitrogens with one attached hydrogen (secondary N) is 2. The van der Waals surface area contributed by atoms with Gasteiger partial charge in [-0.15, -0.1) is 0 Å². The van der Waals surface area contributed by atoms with Crippen molar-refractivity contribution in [3.8, 4) is 0 Å². The van der Waals surface area contributed by atoms with E-state index in [9.17, 15) is 4.79 Å². The fourth-order valence-electron chi connectivity index (χ4n) is 2.60. The quantitative estimate of drug-likeness (QED) is 0.783. The van der Waals surface area contributed by atoms with Crippen molar-refractivity contribution in [2.75, 3.05) is 29.9 Å². The lowest BCUT2D eigenvalue weighted by atomic mass is 10.1. The standard InChI is InChI=1S/C17H27N3O2/c1-12-8-9-20(10-12)16-6-4-15(5-7-16)19-17(22)18-14(3)13(2)11-21/h4-7,12-14,21H,8-11H2,1-3H3,(H2,18,19,22)/t12-,13-,14-/m1/s1. The van der Waals surface area contributed by atoms with Crippen LogP contribution in [0, 0.1) is 11.8 Å². The van der Waals surface area contributed by atoms with Gasteiger partial charge >= 0.3 is 6.03 Å². The second-order valence-electron chi connectivity index (χ2n) is 6.43. The lowest BCUT2D eigenvalue weighted by molar-refractivity contribution is 0.204. The maximum atomic E-state index is 11.9. The molecule has 122 valence electrons. The van der Waals surface area contributed by atoms with Crippen LogP contribution in [0.4, 0.5) is 16.2 Å². The Morgan fingerprint density at radius 3 is 2.59 bits per heavy atom. The maximum absolute atomic E-state index is 11.9. The number of aliphatic hydroxyl groups excluding tert-OH is 1. The first-order valence-electron chi connectivity index (χ1n) is 8.03. The predicted molar refractivity (Wildman–Crippen MR) is 90.3 cm³/mol. The normalized spacial score (nSPS) is 20.5. The van der Waals surface area contributed by atoms with Gasteiger partial charge in [0.05, 0.1) is 0 Å². The number of benzene rings is 1. The van der Waals surface area contributed by atoms with Crippen molar-refractivity contribution in [3.63, 3.8) is 0 Å². The van der Waals surface area contributed by atoms with E-state index in [2.05, 4.69) is 22.5 Å².